The molecule has 0 amide bonds. The molecule has 0 aliphatic heterocycles. The van der Waals surface area contributed by atoms with Gasteiger partial charge in [0.1, 0.15) is 17.2 Å². The molecule has 1 N–H and O–H groups in total. The Hall–Kier alpha value is -4.83. The lowest BCUT2D eigenvalue weighted by Gasteiger charge is -2.14. The number of fused-ring (bicyclic) bond motifs is 2. The molecule has 10 heteroatoms. The zero-order chi connectivity index (χ0) is 26.1. The molecule has 38 heavy (non-hydrogen) atoms. The number of nitrogens with zero attached hydrogens (tertiary/aromatic N) is 4. The fourth-order valence-electron chi connectivity index (χ4n) is 4.01. The van der Waals surface area contributed by atoms with Gasteiger partial charge < -0.3 is 14.5 Å². The molecule has 0 atom stereocenters. The van der Waals surface area contributed by atoms with Gasteiger partial charge >= 0.3 is 0 Å². The molecular weight excluding hydrogens is 502 g/mol. The third kappa shape index (κ3) is 4.53. The Bertz CT molecular complexity index is 1870. The molecule has 3 aromatic heterocycles. The van der Waals surface area contributed by atoms with Crippen molar-refractivity contribution in [2.24, 2.45) is 0 Å². The van der Waals surface area contributed by atoms with Crippen molar-refractivity contribution in [1.82, 2.24) is 24.9 Å². The van der Waals surface area contributed by atoms with E-state index in [1.165, 1.54) is 12.3 Å². The Balaban J connectivity index is 1.44. The minimum Gasteiger partial charge on any atom is -0.453 e. The predicted octanol–water partition coefficient (Wildman–Crippen LogP) is 5.95. The van der Waals surface area contributed by atoms with E-state index in [-0.39, 0.29) is 10.8 Å². The second-order valence-corrected chi connectivity index (χ2v) is 10.6. The lowest BCUT2D eigenvalue weighted by molar-refractivity contribution is 0.420. The van der Waals surface area contributed by atoms with Gasteiger partial charge in [0.05, 0.1) is 29.2 Å². The minimum absolute atomic E-state index is 0.00258. The average molecular weight is 524 g/mol. The predicted molar refractivity (Wildman–Crippen MR) is 143 cm³/mol. The molecule has 6 rings (SSSR count). The van der Waals surface area contributed by atoms with Gasteiger partial charge in [-0.25, -0.2) is 23.4 Å². The van der Waals surface area contributed by atoms with E-state index in [2.05, 4.69) is 24.9 Å². The molecule has 0 spiro atoms. The number of benzene rings is 3. The minimum atomic E-state index is -3.43. The summed E-state index contributed by atoms with van der Waals surface area (Å²) in [6.07, 6.45) is 6.20. The highest BCUT2D eigenvalue weighted by Crippen LogP contribution is 2.40. The number of ether oxygens (including phenoxy) is 2. The van der Waals surface area contributed by atoms with Crippen molar-refractivity contribution < 1.29 is 17.9 Å². The van der Waals surface area contributed by atoms with Crippen LogP contribution in [0.4, 0.5) is 0 Å². The number of aromatic nitrogens is 5. The van der Waals surface area contributed by atoms with Crippen LogP contribution in [0.1, 0.15) is 6.92 Å². The van der Waals surface area contributed by atoms with E-state index in [0.29, 0.717) is 45.5 Å². The summed E-state index contributed by atoms with van der Waals surface area (Å²) in [7, 11) is -3.43. The Morgan fingerprint density at radius 1 is 0.842 bits per heavy atom. The molecule has 3 heterocycles. The highest BCUT2D eigenvalue weighted by molar-refractivity contribution is 7.91. The number of rotatable bonds is 7. The van der Waals surface area contributed by atoms with Crippen LogP contribution in [0.5, 0.6) is 23.0 Å². The standard InChI is InChI=1S/C28H21N5O4S/c1-2-38(34,35)27-11-10-19(16-31-27)36-25-14-21-22(33-28(32-21)23-17-29-12-13-30-23)15-26(25)37-24-9-5-7-18-6-3-4-8-20(18)24/h3-17H,2H2,1H3,(H,32,33). The van der Waals surface area contributed by atoms with Gasteiger partial charge in [-0.2, -0.15) is 0 Å². The molecule has 0 saturated carbocycles. The summed E-state index contributed by atoms with van der Waals surface area (Å²) in [6, 6.07) is 20.3. The quantitative estimate of drug-likeness (QED) is 0.273. The number of aromatic amines is 1. The smallest absolute Gasteiger partial charge is 0.195 e. The molecule has 6 aromatic rings. The third-order valence-electron chi connectivity index (χ3n) is 5.96. The van der Waals surface area contributed by atoms with E-state index in [4.69, 9.17) is 9.47 Å². The number of hydrogen-bond donors (Lipinski definition) is 1. The van der Waals surface area contributed by atoms with Crippen molar-refractivity contribution in [2.45, 2.75) is 11.9 Å². The van der Waals surface area contributed by atoms with Crippen LogP contribution in [0.3, 0.4) is 0 Å². The number of hydrogen-bond acceptors (Lipinski definition) is 8. The van der Waals surface area contributed by atoms with Crippen molar-refractivity contribution in [1.29, 1.82) is 0 Å². The maximum absolute atomic E-state index is 12.2. The zero-order valence-electron chi connectivity index (χ0n) is 20.2. The van der Waals surface area contributed by atoms with Crippen LogP contribution in [-0.4, -0.2) is 39.1 Å². The second kappa shape index (κ2) is 9.56. The van der Waals surface area contributed by atoms with Gasteiger partial charge in [0.25, 0.3) is 0 Å². The Morgan fingerprint density at radius 3 is 2.47 bits per heavy atom. The van der Waals surface area contributed by atoms with E-state index < -0.39 is 9.84 Å². The molecule has 188 valence electrons. The lowest BCUT2D eigenvalue weighted by Crippen LogP contribution is -2.05. The van der Waals surface area contributed by atoms with Crippen LogP contribution in [-0.2, 0) is 9.84 Å². The topological polar surface area (TPSA) is 120 Å². The number of H-pyrrole nitrogens is 1. The van der Waals surface area contributed by atoms with E-state index in [0.717, 1.165) is 10.8 Å². The summed E-state index contributed by atoms with van der Waals surface area (Å²) in [4.78, 5) is 20.4. The first-order valence-corrected chi connectivity index (χ1v) is 13.5. The van der Waals surface area contributed by atoms with Crippen molar-refractivity contribution in [3.8, 4) is 34.5 Å². The number of pyridine rings is 1. The maximum atomic E-state index is 12.2. The average Bonchev–Trinajstić information content (AvgIpc) is 3.37. The van der Waals surface area contributed by atoms with Crippen LogP contribution in [0.25, 0.3) is 33.3 Å². The Labute approximate surface area is 218 Å². The number of imidazole rings is 1. The highest BCUT2D eigenvalue weighted by atomic mass is 32.2. The monoisotopic (exact) mass is 523 g/mol. The molecule has 0 saturated heterocycles. The van der Waals surface area contributed by atoms with Crippen molar-refractivity contribution in [2.75, 3.05) is 5.75 Å². The van der Waals surface area contributed by atoms with Gasteiger partial charge in [-0.3, -0.25) is 4.98 Å². The van der Waals surface area contributed by atoms with Crippen molar-refractivity contribution in [3.63, 3.8) is 0 Å². The molecule has 0 fully saturated rings. The Morgan fingerprint density at radius 2 is 1.68 bits per heavy atom. The van der Waals surface area contributed by atoms with E-state index in [1.807, 2.05) is 42.5 Å². The fraction of sp³-hybridized carbons (Fsp3) is 0.0714. The van der Waals surface area contributed by atoms with Crippen LogP contribution in [0.2, 0.25) is 0 Å². The maximum Gasteiger partial charge on any atom is 0.195 e. The lowest BCUT2D eigenvalue weighted by atomic mass is 10.1. The molecule has 0 bridgehead atoms. The highest BCUT2D eigenvalue weighted by Gasteiger charge is 2.17. The summed E-state index contributed by atoms with van der Waals surface area (Å²) < 4.78 is 36.9. The molecule has 0 unspecified atom stereocenters. The summed E-state index contributed by atoms with van der Waals surface area (Å²) in [5, 5.41) is 1.98. The van der Waals surface area contributed by atoms with Gasteiger partial charge in [0, 0.05) is 29.9 Å². The summed E-state index contributed by atoms with van der Waals surface area (Å²) >= 11 is 0. The fourth-order valence-corrected chi connectivity index (χ4v) is 4.79. The molecule has 3 aromatic carbocycles. The van der Waals surface area contributed by atoms with Gasteiger partial charge in [0.2, 0.25) is 0 Å². The van der Waals surface area contributed by atoms with E-state index in [9.17, 15) is 8.42 Å². The summed E-state index contributed by atoms with van der Waals surface area (Å²) in [5.74, 6) is 2.35. The van der Waals surface area contributed by atoms with Gasteiger partial charge in [-0.1, -0.05) is 43.3 Å². The van der Waals surface area contributed by atoms with Crippen molar-refractivity contribution >= 4 is 31.6 Å². The van der Waals surface area contributed by atoms with Gasteiger partial charge in [-0.15, -0.1) is 0 Å². The number of sulfone groups is 1. The third-order valence-corrected chi connectivity index (χ3v) is 7.60. The normalized spacial score (nSPS) is 11.6. The van der Waals surface area contributed by atoms with Gasteiger partial charge in [-0.05, 0) is 23.6 Å². The molecular formula is C28H21N5O4S. The summed E-state index contributed by atoms with van der Waals surface area (Å²) in [6.45, 7) is 1.58. The molecule has 0 aliphatic carbocycles. The van der Waals surface area contributed by atoms with Crippen LogP contribution in [0.15, 0.2) is 96.5 Å². The molecule has 0 radical (unpaired) electrons. The van der Waals surface area contributed by atoms with Gasteiger partial charge in [0.15, 0.2) is 32.2 Å². The SMILES string of the molecule is CCS(=O)(=O)c1ccc(Oc2cc3[nH]c(-c4cnccn4)nc3cc2Oc2cccc3ccccc23)cn1. The van der Waals surface area contributed by atoms with E-state index >= 15 is 0 Å². The van der Waals surface area contributed by atoms with Crippen molar-refractivity contribution in [3.05, 3.63) is 91.5 Å². The summed E-state index contributed by atoms with van der Waals surface area (Å²) in [5.41, 5.74) is 1.94. The Kier molecular flexibility index (Phi) is 5.93. The first kappa shape index (κ1) is 23.6. The van der Waals surface area contributed by atoms with E-state index in [1.54, 1.807) is 43.7 Å². The largest absolute Gasteiger partial charge is 0.453 e. The number of nitrogens with one attached hydrogen (secondary N) is 1. The first-order valence-electron chi connectivity index (χ1n) is 11.8. The molecule has 0 aliphatic rings. The molecule has 9 nitrogen and oxygen atoms in total. The first-order chi connectivity index (χ1) is 18.5. The van der Waals surface area contributed by atoms with Crippen LogP contribution < -0.4 is 9.47 Å². The van der Waals surface area contributed by atoms with Crippen LogP contribution >= 0.6 is 0 Å². The zero-order valence-corrected chi connectivity index (χ0v) is 21.0. The van der Waals surface area contributed by atoms with Crippen LogP contribution in [0, 0.1) is 0 Å². The second-order valence-electron chi connectivity index (χ2n) is 8.41.